The van der Waals surface area contributed by atoms with Gasteiger partial charge in [-0.25, -0.2) is 0 Å². The van der Waals surface area contributed by atoms with E-state index in [9.17, 15) is 4.79 Å². The van der Waals surface area contributed by atoms with Gasteiger partial charge in [-0.2, -0.15) is 5.26 Å². The molecule has 0 saturated carbocycles. The van der Waals surface area contributed by atoms with Gasteiger partial charge in [0.05, 0.1) is 18.6 Å². The van der Waals surface area contributed by atoms with Crippen molar-refractivity contribution in [2.24, 2.45) is 5.92 Å². The van der Waals surface area contributed by atoms with Gasteiger partial charge >= 0.3 is 5.97 Å². The Hall–Kier alpha value is -1.04. The average Bonchev–Trinajstić information content (AvgIpc) is 2.05. The molecule has 0 amide bonds. The number of hydrogen-bond donors (Lipinski definition) is 0. The zero-order valence-corrected chi connectivity index (χ0v) is 7.67. The number of carbonyl (C=O) groups excluding carboxylic acids is 1. The Kier molecular flexibility index (Phi) is 6.08. The van der Waals surface area contributed by atoms with Crippen molar-refractivity contribution >= 4 is 5.97 Å². The van der Waals surface area contributed by atoms with Gasteiger partial charge in [0.25, 0.3) is 0 Å². The summed E-state index contributed by atoms with van der Waals surface area (Å²) in [7, 11) is 0. The molecule has 0 aromatic carbocycles. The molecule has 0 rings (SSSR count). The van der Waals surface area contributed by atoms with Gasteiger partial charge in [-0.1, -0.05) is 20.3 Å². The first-order chi connectivity index (χ1) is 5.72. The summed E-state index contributed by atoms with van der Waals surface area (Å²) in [5, 5.41) is 8.30. The summed E-state index contributed by atoms with van der Waals surface area (Å²) in [6.07, 6.45) is 2.15. The van der Waals surface area contributed by atoms with Crippen molar-refractivity contribution in [2.45, 2.75) is 33.1 Å². The van der Waals surface area contributed by atoms with Crippen molar-refractivity contribution in [3.8, 4) is 6.07 Å². The molecule has 0 aliphatic carbocycles. The van der Waals surface area contributed by atoms with E-state index in [2.05, 4.69) is 0 Å². The van der Waals surface area contributed by atoms with Crippen molar-refractivity contribution in [3.05, 3.63) is 0 Å². The summed E-state index contributed by atoms with van der Waals surface area (Å²) in [6.45, 7) is 4.22. The smallest absolute Gasteiger partial charge is 0.309 e. The minimum absolute atomic E-state index is 0.241. The summed E-state index contributed by atoms with van der Waals surface area (Å²) >= 11 is 0. The van der Waals surface area contributed by atoms with Crippen molar-refractivity contribution in [2.75, 3.05) is 6.61 Å². The lowest BCUT2D eigenvalue weighted by Crippen LogP contribution is -2.14. The molecule has 0 aliphatic heterocycles. The monoisotopic (exact) mass is 169 g/mol. The van der Waals surface area contributed by atoms with Crippen LogP contribution in [0.2, 0.25) is 0 Å². The van der Waals surface area contributed by atoms with Crippen LogP contribution < -0.4 is 0 Å². The van der Waals surface area contributed by atoms with E-state index in [-0.39, 0.29) is 18.3 Å². The number of esters is 1. The zero-order valence-electron chi connectivity index (χ0n) is 7.67. The van der Waals surface area contributed by atoms with Gasteiger partial charge in [-0.05, 0) is 6.42 Å². The molecular formula is C9H15NO2. The quantitative estimate of drug-likeness (QED) is 0.466. The van der Waals surface area contributed by atoms with Gasteiger partial charge in [0.15, 0.2) is 0 Å². The van der Waals surface area contributed by atoms with Crippen LogP contribution >= 0.6 is 0 Å². The fourth-order valence-corrected chi connectivity index (χ4v) is 0.680. The number of unbranched alkanes of at least 4 members (excludes halogenated alkanes) is 1. The van der Waals surface area contributed by atoms with Gasteiger partial charge in [-0.15, -0.1) is 0 Å². The van der Waals surface area contributed by atoms with Crippen LogP contribution in [-0.2, 0) is 9.53 Å². The third kappa shape index (κ3) is 4.73. The Morgan fingerprint density at radius 1 is 1.67 bits per heavy atom. The Labute approximate surface area is 73.3 Å². The van der Waals surface area contributed by atoms with Gasteiger partial charge in [0.2, 0.25) is 0 Å². The van der Waals surface area contributed by atoms with E-state index in [0.29, 0.717) is 6.61 Å². The first-order valence-corrected chi connectivity index (χ1v) is 4.26. The van der Waals surface area contributed by atoms with Crippen molar-refractivity contribution in [1.82, 2.24) is 0 Å². The van der Waals surface area contributed by atoms with E-state index in [1.165, 1.54) is 0 Å². The highest BCUT2D eigenvalue weighted by molar-refractivity contribution is 5.72. The van der Waals surface area contributed by atoms with Crippen molar-refractivity contribution < 1.29 is 9.53 Å². The van der Waals surface area contributed by atoms with Crippen LogP contribution in [0.5, 0.6) is 0 Å². The molecule has 3 nitrogen and oxygen atoms in total. The molecule has 0 saturated heterocycles. The predicted molar refractivity (Wildman–Crippen MR) is 45.3 cm³/mol. The minimum atomic E-state index is -0.285. The van der Waals surface area contributed by atoms with E-state index in [1.807, 2.05) is 13.0 Å². The van der Waals surface area contributed by atoms with Crippen LogP contribution in [0, 0.1) is 17.2 Å². The van der Waals surface area contributed by atoms with E-state index >= 15 is 0 Å². The second-order valence-electron chi connectivity index (χ2n) is 2.78. The number of rotatable bonds is 5. The topological polar surface area (TPSA) is 50.1 Å². The summed E-state index contributed by atoms with van der Waals surface area (Å²) in [5.74, 6) is -0.545. The van der Waals surface area contributed by atoms with E-state index in [1.54, 1.807) is 6.92 Å². The summed E-state index contributed by atoms with van der Waals surface area (Å²) in [5.41, 5.74) is 0. The van der Waals surface area contributed by atoms with Crippen LogP contribution in [0.3, 0.4) is 0 Å². The maximum atomic E-state index is 11.0. The fourth-order valence-electron chi connectivity index (χ4n) is 0.680. The Balaban J connectivity index is 3.51. The Bertz CT molecular complexity index is 172. The number of nitriles is 1. The maximum absolute atomic E-state index is 11.0. The number of ether oxygens (including phenoxy) is 1. The Morgan fingerprint density at radius 3 is 2.83 bits per heavy atom. The first-order valence-electron chi connectivity index (χ1n) is 4.26. The highest BCUT2D eigenvalue weighted by Crippen LogP contribution is 2.03. The average molecular weight is 169 g/mol. The van der Waals surface area contributed by atoms with Gasteiger partial charge < -0.3 is 4.74 Å². The summed E-state index contributed by atoms with van der Waals surface area (Å²) in [4.78, 5) is 11.0. The van der Waals surface area contributed by atoms with Gasteiger partial charge in [0, 0.05) is 6.42 Å². The van der Waals surface area contributed by atoms with Crippen molar-refractivity contribution in [1.29, 1.82) is 5.26 Å². The number of hydrogen-bond acceptors (Lipinski definition) is 3. The molecule has 0 fully saturated rings. The predicted octanol–water partition coefficient (Wildman–Crippen LogP) is 1.88. The molecule has 3 heteroatoms. The summed E-state index contributed by atoms with van der Waals surface area (Å²) < 4.78 is 4.91. The molecule has 0 heterocycles. The molecule has 1 atom stereocenters. The van der Waals surface area contributed by atoms with E-state index < -0.39 is 0 Å². The molecular weight excluding hydrogens is 154 g/mol. The highest BCUT2D eigenvalue weighted by atomic mass is 16.5. The maximum Gasteiger partial charge on any atom is 0.309 e. The first kappa shape index (κ1) is 11.0. The second kappa shape index (κ2) is 6.66. The van der Waals surface area contributed by atoms with Crippen LogP contribution in [-0.4, -0.2) is 12.6 Å². The Morgan fingerprint density at radius 2 is 2.33 bits per heavy atom. The van der Waals surface area contributed by atoms with Gasteiger partial charge in [-0.3, -0.25) is 4.79 Å². The third-order valence-electron chi connectivity index (χ3n) is 1.54. The normalized spacial score (nSPS) is 11.8. The van der Waals surface area contributed by atoms with Crippen molar-refractivity contribution in [3.63, 3.8) is 0 Å². The molecule has 0 aromatic rings. The number of carbonyl (C=O) groups is 1. The molecule has 0 N–H and O–H groups in total. The van der Waals surface area contributed by atoms with E-state index in [0.717, 1.165) is 12.8 Å². The molecule has 0 bridgehead atoms. The molecule has 0 aliphatic rings. The van der Waals surface area contributed by atoms with Crippen LogP contribution in [0.25, 0.3) is 0 Å². The minimum Gasteiger partial charge on any atom is -0.465 e. The third-order valence-corrected chi connectivity index (χ3v) is 1.54. The SMILES string of the molecule is CCCCOC(=O)C(C)CC#N. The molecule has 1 unspecified atom stereocenters. The standard InChI is InChI=1S/C9H15NO2/c1-3-4-7-12-9(11)8(2)5-6-10/h8H,3-5,7H2,1-2H3. The lowest BCUT2D eigenvalue weighted by molar-refractivity contribution is -0.147. The van der Waals surface area contributed by atoms with Crippen LogP contribution in [0.1, 0.15) is 33.1 Å². The second-order valence-corrected chi connectivity index (χ2v) is 2.78. The largest absolute Gasteiger partial charge is 0.465 e. The number of nitrogens with zero attached hydrogens (tertiary/aromatic N) is 1. The lowest BCUT2D eigenvalue weighted by Gasteiger charge is -2.06. The molecule has 0 aromatic heterocycles. The lowest BCUT2D eigenvalue weighted by atomic mass is 10.1. The fraction of sp³-hybridized carbons (Fsp3) is 0.778. The van der Waals surface area contributed by atoms with E-state index in [4.69, 9.17) is 10.00 Å². The molecule has 0 spiro atoms. The molecule has 0 radical (unpaired) electrons. The summed E-state index contributed by atoms with van der Waals surface area (Å²) in [6, 6.07) is 1.94. The molecule has 12 heavy (non-hydrogen) atoms. The van der Waals surface area contributed by atoms with Crippen LogP contribution in [0.15, 0.2) is 0 Å². The van der Waals surface area contributed by atoms with Crippen LogP contribution in [0.4, 0.5) is 0 Å². The highest BCUT2D eigenvalue weighted by Gasteiger charge is 2.12. The van der Waals surface area contributed by atoms with Gasteiger partial charge in [0.1, 0.15) is 0 Å². The molecule has 68 valence electrons. The zero-order chi connectivity index (χ0) is 9.40.